The van der Waals surface area contributed by atoms with E-state index in [2.05, 4.69) is 0 Å². The molecule has 1 aliphatic carbocycles. The Balaban J connectivity index is 2.27. The van der Waals surface area contributed by atoms with E-state index in [1.165, 1.54) is 0 Å². The standard InChI is InChI=1S/C9H16F3NO/c10-9(11,12)4-5-13(6-7-14)8-2-1-3-8/h8,14H,1-7H2. The molecule has 84 valence electrons. The minimum Gasteiger partial charge on any atom is -0.395 e. The van der Waals surface area contributed by atoms with Crippen LogP contribution in [0.3, 0.4) is 0 Å². The Morgan fingerprint density at radius 2 is 1.86 bits per heavy atom. The lowest BCUT2D eigenvalue weighted by atomic mass is 9.91. The average Bonchev–Trinajstić information content (AvgIpc) is 1.95. The van der Waals surface area contributed by atoms with Crippen LogP contribution in [0.25, 0.3) is 0 Å². The zero-order valence-corrected chi connectivity index (χ0v) is 8.06. The largest absolute Gasteiger partial charge is 0.395 e. The third kappa shape index (κ3) is 3.84. The van der Waals surface area contributed by atoms with Crippen LogP contribution in [0.15, 0.2) is 0 Å². The summed E-state index contributed by atoms with van der Waals surface area (Å²) in [4.78, 5) is 1.75. The fourth-order valence-corrected chi connectivity index (χ4v) is 1.63. The van der Waals surface area contributed by atoms with Crippen LogP contribution in [0.2, 0.25) is 0 Å². The van der Waals surface area contributed by atoms with E-state index in [-0.39, 0.29) is 19.2 Å². The summed E-state index contributed by atoms with van der Waals surface area (Å²) in [7, 11) is 0. The van der Waals surface area contributed by atoms with E-state index in [4.69, 9.17) is 5.11 Å². The van der Waals surface area contributed by atoms with Gasteiger partial charge in [0.1, 0.15) is 0 Å². The zero-order chi connectivity index (χ0) is 10.6. The second-order valence-electron chi connectivity index (χ2n) is 3.71. The Labute approximate surface area is 81.7 Å². The van der Waals surface area contributed by atoms with Crippen molar-refractivity contribution in [2.75, 3.05) is 19.7 Å². The third-order valence-corrected chi connectivity index (χ3v) is 2.66. The molecule has 1 fully saturated rings. The number of aliphatic hydroxyl groups is 1. The van der Waals surface area contributed by atoms with Crippen molar-refractivity contribution in [3.63, 3.8) is 0 Å². The lowest BCUT2D eigenvalue weighted by Gasteiger charge is -2.37. The molecular weight excluding hydrogens is 195 g/mol. The molecule has 0 aliphatic heterocycles. The van der Waals surface area contributed by atoms with Gasteiger partial charge in [0.05, 0.1) is 13.0 Å². The molecular formula is C9H16F3NO. The first-order chi connectivity index (χ1) is 6.53. The number of nitrogens with zero attached hydrogens (tertiary/aromatic N) is 1. The SMILES string of the molecule is OCCN(CCC(F)(F)F)C1CCC1. The molecule has 0 radical (unpaired) electrons. The number of aliphatic hydroxyl groups excluding tert-OH is 1. The third-order valence-electron chi connectivity index (χ3n) is 2.66. The zero-order valence-electron chi connectivity index (χ0n) is 8.06. The monoisotopic (exact) mass is 211 g/mol. The van der Waals surface area contributed by atoms with Crippen molar-refractivity contribution >= 4 is 0 Å². The molecule has 0 amide bonds. The Kier molecular flexibility index (Phi) is 4.19. The topological polar surface area (TPSA) is 23.5 Å². The summed E-state index contributed by atoms with van der Waals surface area (Å²) >= 11 is 0. The first-order valence-electron chi connectivity index (χ1n) is 4.94. The highest BCUT2D eigenvalue weighted by Crippen LogP contribution is 2.27. The first-order valence-corrected chi connectivity index (χ1v) is 4.94. The lowest BCUT2D eigenvalue weighted by Crippen LogP contribution is -2.43. The molecule has 0 aromatic heterocycles. The van der Waals surface area contributed by atoms with Gasteiger partial charge in [-0.25, -0.2) is 0 Å². The van der Waals surface area contributed by atoms with Crippen LogP contribution in [-0.4, -0.2) is 41.9 Å². The maximum absolute atomic E-state index is 12.0. The van der Waals surface area contributed by atoms with Crippen LogP contribution in [0.4, 0.5) is 13.2 Å². The van der Waals surface area contributed by atoms with E-state index in [0.717, 1.165) is 19.3 Å². The highest BCUT2D eigenvalue weighted by atomic mass is 19.4. The molecule has 0 aromatic rings. The molecule has 5 heteroatoms. The van der Waals surface area contributed by atoms with Crippen molar-refractivity contribution < 1.29 is 18.3 Å². The van der Waals surface area contributed by atoms with E-state index in [1.807, 2.05) is 0 Å². The molecule has 2 nitrogen and oxygen atoms in total. The Bertz CT molecular complexity index is 168. The minimum atomic E-state index is -4.09. The predicted octanol–water partition coefficient (Wildman–Crippen LogP) is 1.79. The molecule has 1 aliphatic rings. The summed E-state index contributed by atoms with van der Waals surface area (Å²) in [6.45, 7) is 0.323. The summed E-state index contributed by atoms with van der Waals surface area (Å²) in [6, 6.07) is 0.268. The summed E-state index contributed by atoms with van der Waals surface area (Å²) in [5.74, 6) is 0. The van der Waals surface area contributed by atoms with E-state index in [0.29, 0.717) is 6.54 Å². The second-order valence-corrected chi connectivity index (χ2v) is 3.71. The maximum atomic E-state index is 12.0. The van der Waals surface area contributed by atoms with Crippen LogP contribution in [0.1, 0.15) is 25.7 Å². The molecule has 14 heavy (non-hydrogen) atoms. The summed E-state index contributed by atoms with van der Waals surface area (Å²) in [5.41, 5.74) is 0. The molecule has 1 rings (SSSR count). The minimum absolute atomic E-state index is 0.0225. The van der Waals surface area contributed by atoms with Crippen molar-refractivity contribution in [1.29, 1.82) is 0 Å². The summed E-state index contributed by atoms with van der Waals surface area (Å²) in [6.07, 6.45) is -1.82. The maximum Gasteiger partial charge on any atom is 0.390 e. The van der Waals surface area contributed by atoms with Gasteiger partial charge >= 0.3 is 6.18 Å². The Morgan fingerprint density at radius 3 is 2.21 bits per heavy atom. The van der Waals surface area contributed by atoms with Gasteiger partial charge in [-0.2, -0.15) is 13.2 Å². The lowest BCUT2D eigenvalue weighted by molar-refractivity contribution is -0.140. The van der Waals surface area contributed by atoms with Crippen molar-refractivity contribution in [3.8, 4) is 0 Å². The van der Waals surface area contributed by atoms with Gasteiger partial charge in [-0.15, -0.1) is 0 Å². The van der Waals surface area contributed by atoms with Crippen LogP contribution >= 0.6 is 0 Å². The number of hydrogen-bond acceptors (Lipinski definition) is 2. The van der Waals surface area contributed by atoms with E-state index >= 15 is 0 Å². The molecule has 0 unspecified atom stereocenters. The summed E-state index contributed by atoms with van der Waals surface area (Å²) in [5, 5.41) is 8.71. The van der Waals surface area contributed by atoms with Gasteiger partial charge in [0, 0.05) is 19.1 Å². The fraction of sp³-hybridized carbons (Fsp3) is 1.00. The quantitative estimate of drug-likeness (QED) is 0.749. The predicted molar refractivity (Wildman–Crippen MR) is 47.0 cm³/mol. The van der Waals surface area contributed by atoms with Gasteiger partial charge < -0.3 is 5.11 Å². The molecule has 0 saturated heterocycles. The van der Waals surface area contributed by atoms with Crippen molar-refractivity contribution in [2.24, 2.45) is 0 Å². The van der Waals surface area contributed by atoms with Crippen molar-refractivity contribution in [3.05, 3.63) is 0 Å². The molecule has 1 saturated carbocycles. The number of rotatable bonds is 5. The van der Waals surface area contributed by atoms with Gasteiger partial charge in [-0.05, 0) is 12.8 Å². The smallest absolute Gasteiger partial charge is 0.390 e. The molecule has 0 bridgehead atoms. The van der Waals surface area contributed by atoms with Gasteiger partial charge in [-0.3, -0.25) is 4.90 Å². The molecule has 0 heterocycles. The van der Waals surface area contributed by atoms with Crippen LogP contribution < -0.4 is 0 Å². The number of alkyl halides is 3. The number of halogens is 3. The van der Waals surface area contributed by atoms with Crippen LogP contribution in [-0.2, 0) is 0 Å². The molecule has 0 spiro atoms. The van der Waals surface area contributed by atoms with Crippen molar-refractivity contribution in [1.82, 2.24) is 4.90 Å². The van der Waals surface area contributed by atoms with Crippen molar-refractivity contribution in [2.45, 2.75) is 37.9 Å². The van der Waals surface area contributed by atoms with Crippen LogP contribution in [0.5, 0.6) is 0 Å². The van der Waals surface area contributed by atoms with Gasteiger partial charge in [0.25, 0.3) is 0 Å². The van der Waals surface area contributed by atoms with E-state index in [9.17, 15) is 13.2 Å². The van der Waals surface area contributed by atoms with Gasteiger partial charge in [0.2, 0.25) is 0 Å². The molecule has 0 aromatic carbocycles. The van der Waals surface area contributed by atoms with Gasteiger partial charge in [0.15, 0.2) is 0 Å². The highest BCUT2D eigenvalue weighted by Gasteiger charge is 2.31. The van der Waals surface area contributed by atoms with Crippen LogP contribution in [0, 0.1) is 0 Å². The van der Waals surface area contributed by atoms with E-state index in [1.54, 1.807) is 4.90 Å². The average molecular weight is 211 g/mol. The van der Waals surface area contributed by atoms with E-state index < -0.39 is 12.6 Å². The highest BCUT2D eigenvalue weighted by molar-refractivity contribution is 4.80. The Morgan fingerprint density at radius 1 is 1.21 bits per heavy atom. The first kappa shape index (κ1) is 11.8. The normalized spacial score (nSPS) is 18.6. The second kappa shape index (κ2) is 4.98. The summed E-state index contributed by atoms with van der Waals surface area (Å²) < 4.78 is 35.9. The molecule has 0 atom stereocenters. The molecule has 1 N–H and O–H groups in total. The number of hydrogen-bond donors (Lipinski definition) is 1. The fourth-order valence-electron chi connectivity index (χ4n) is 1.63. The van der Waals surface area contributed by atoms with Gasteiger partial charge in [-0.1, -0.05) is 6.42 Å². The Hall–Kier alpha value is -0.290.